The van der Waals surface area contributed by atoms with Crippen molar-refractivity contribution in [1.82, 2.24) is 10.1 Å². The third kappa shape index (κ3) is 3.20. The molecule has 0 aliphatic carbocycles. The summed E-state index contributed by atoms with van der Waals surface area (Å²) < 4.78 is 11.2. The quantitative estimate of drug-likeness (QED) is 0.797. The fourth-order valence-electron chi connectivity index (χ4n) is 4.17. The molecule has 2 aromatic rings. The Kier molecular flexibility index (Phi) is 4.93. The van der Waals surface area contributed by atoms with E-state index in [-0.39, 0.29) is 18.4 Å². The summed E-state index contributed by atoms with van der Waals surface area (Å²) in [4.78, 5) is 30.2. The number of nitrogens with zero attached hydrogens (tertiary/aromatic N) is 3. The fourth-order valence-corrected chi connectivity index (χ4v) is 4.17. The Hall–Kier alpha value is -2.67. The van der Waals surface area contributed by atoms with Crippen molar-refractivity contribution in [3.05, 3.63) is 47.3 Å². The molecule has 1 atom stereocenters. The maximum Gasteiger partial charge on any atom is 0.261 e. The van der Waals surface area contributed by atoms with Crippen LogP contribution < -0.4 is 4.90 Å². The van der Waals surface area contributed by atoms with E-state index in [4.69, 9.17) is 9.26 Å². The summed E-state index contributed by atoms with van der Waals surface area (Å²) in [7, 11) is 0. The maximum absolute atomic E-state index is 13.5. The van der Waals surface area contributed by atoms with Crippen molar-refractivity contribution in [1.29, 1.82) is 0 Å². The number of morpholine rings is 1. The van der Waals surface area contributed by atoms with E-state index >= 15 is 0 Å². The van der Waals surface area contributed by atoms with Crippen molar-refractivity contribution in [3.8, 4) is 0 Å². The van der Waals surface area contributed by atoms with Crippen molar-refractivity contribution >= 4 is 17.5 Å². The number of para-hydroxylation sites is 1. The molecule has 2 fully saturated rings. The Balaban J connectivity index is 1.62. The third-order valence-corrected chi connectivity index (χ3v) is 5.64. The lowest BCUT2D eigenvalue weighted by Gasteiger charge is -2.42. The van der Waals surface area contributed by atoms with Crippen molar-refractivity contribution in [2.45, 2.75) is 38.7 Å². The summed E-state index contributed by atoms with van der Waals surface area (Å²) in [5.74, 6) is 0.288. The topological polar surface area (TPSA) is 75.9 Å². The molecule has 4 rings (SSSR count). The molecule has 0 saturated carbocycles. The van der Waals surface area contributed by atoms with Crippen LogP contribution in [0.25, 0.3) is 0 Å². The van der Waals surface area contributed by atoms with E-state index in [1.807, 2.05) is 30.3 Å². The monoisotopic (exact) mass is 383 g/mol. The lowest BCUT2D eigenvalue weighted by molar-refractivity contribution is -0.155. The molecule has 3 heterocycles. The van der Waals surface area contributed by atoms with Crippen molar-refractivity contribution in [2.75, 3.05) is 31.1 Å². The van der Waals surface area contributed by atoms with Gasteiger partial charge in [0.1, 0.15) is 11.3 Å². The Bertz CT molecular complexity index is 860. The van der Waals surface area contributed by atoms with Crippen LogP contribution in [0, 0.1) is 13.8 Å². The van der Waals surface area contributed by atoms with Gasteiger partial charge in [-0.15, -0.1) is 0 Å². The number of aromatic nitrogens is 1. The van der Waals surface area contributed by atoms with Crippen LogP contribution in [-0.2, 0) is 9.53 Å². The van der Waals surface area contributed by atoms with Gasteiger partial charge in [-0.1, -0.05) is 23.4 Å². The van der Waals surface area contributed by atoms with Crippen LogP contribution in [0.1, 0.15) is 41.1 Å². The summed E-state index contributed by atoms with van der Waals surface area (Å²) in [6.45, 7) is 5.18. The normalized spacial score (nSPS) is 23.1. The number of rotatable bonds is 2. The van der Waals surface area contributed by atoms with Gasteiger partial charge in [0.25, 0.3) is 11.8 Å². The zero-order chi connectivity index (χ0) is 19.7. The number of aryl methyl sites for hydroxylation is 2. The summed E-state index contributed by atoms with van der Waals surface area (Å²) in [6, 6.07) is 9.66. The standard InChI is InChI=1S/C21H25N3O4/c1-15-18(16(2)28-22-15)19(25)23-12-13-27-21(14-23)10-6-7-11-24(20(21)26)17-8-4-3-5-9-17/h3-5,8-9H,6-7,10-14H2,1-2H3. The molecule has 2 saturated heterocycles. The molecule has 1 aromatic heterocycles. The second-order valence-electron chi connectivity index (χ2n) is 7.52. The number of benzene rings is 1. The molecule has 0 radical (unpaired) electrons. The van der Waals surface area contributed by atoms with Crippen LogP contribution >= 0.6 is 0 Å². The van der Waals surface area contributed by atoms with E-state index in [0.29, 0.717) is 43.1 Å². The largest absolute Gasteiger partial charge is 0.361 e. The average molecular weight is 383 g/mol. The number of carbonyl (C=O) groups is 2. The Labute approximate surface area is 164 Å². The lowest BCUT2D eigenvalue weighted by atomic mass is 9.93. The van der Waals surface area contributed by atoms with Gasteiger partial charge in [-0.05, 0) is 45.2 Å². The van der Waals surface area contributed by atoms with Crippen molar-refractivity contribution in [3.63, 3.8) is 0 Å². The molecule has 0 bridgehead atoms. The summed E-state index contributed by atoms with van der Waals surface area (Å²) >= 11 is 0. The molecule has 28 heavy (non-hydrogen) atoms. The Morgan fingerprint density at radius 2 is 1.93 bits per heavy atom. The Morgan fingerprint density at radius 1 is 1.14 bits per heavy atom. The highest BCUT2D eigenvalue weighted by molar-refractivity contribution is 6.01. The first-order chi connectivity index (χ1) is 13.5. The molecule has 7 heteroatoms. The second kappa shape index (κ2) is 7.39. The highest BCUT2D eigenvalue weighted by Gasteiger charge is 2.48. The minimum absolute atomic E-state index is 0.0625. The van der Waals surface area contributed by atoms with Gasteiger partial charge in [-0.3, -0.25) is 9.59 Å². The molecule has 7 nitrogen and oxygen atoms in total. The first kappa shape index (κ1) is 18.7. The maximum atomic E-state index is 13.5. The molecule has 1 spiro atoms. The molecule has 2 aliphatic rings. The van der Waals surface area contributed by atoms with E-state index in [9.17, 15) is 9.59 Å². The number of anilines is 1. The highest BCUT2D eigenvalue weighted by atomic mass is 16.5. The first-order valence-corrected chi connectivity index (χ1v) is 9.75. The molecule has 2 amide bonds. The number of amides is 2. The van der Waals surface area contributed by atoms with Gasteiger partial charge in [0, 0.05) is 18.8 Å². The zero-order valence-electron chi connectivity index (χ0n) is 16.3. The first-order valence-electron chi connectivity index (χ1n) is 9.75. The van der Waals surface area contributed by atoms with Crippen LogP contribution in [0.2, 0.25) is 0 Å². The molecule has 0 N–H and O–H groups in total. The van der Waals surface area contributed by atoms with Crippen molar-refractivity contribution < 1.29 is 18.8 Å². The van der Waals surface area contributed by atoms with E-state index < -0.39 is 5.60 Å². The van der Waals surface area contributed by atoms with Gasteiger partial charge in [0.15, 0.2) is 5.60 Å². The fraction of sp³-hybridized carbons (Fsp3) is 0.476. The molecule has 1 unspecified atom stereocenters. The molecule has 148 valence electrons. The van der Waals surface area contributed by atoms with Crippen LogP contribution in [0.3, 0.4) is 0 Å². The van der Waals surface area contributed by atoms with Crippen LogP contribution in [-0.4, -0.2) is 53.7 Å². The van der Waals surface area contributed by atoms with Crippen molar-refractivity contribution in [2.24, 2.45) is 0 Å². The third-order valence-electron chi connectivity index (χ3n) is 5.64. The van der Waals surface area contributed by atoms with Gasteiger partial charge in [0.05, 0.1) is 18.8 Å². The van der Waals surface area contributed by atoms with Gasteiger partial charge in [0.2, 0.25) is 0 Å². The number of hydrogen-bond donors (Lipinski definition) is 0. The summed E-state index contributed by atoms with van der Waals surface area (Å²) in [5.41, 5.74) is 0.921. The molecular formula is C21H25N3O4. The SMILES string of the molecule is Cc1noc(C)c1C(=O)N1CCOC2(CCCCN(c3ccccc3)C2=O)C1. The van der Waals surface area contributed by atoms with Crippen LogP contribution in [0.15, 0.2) is 34.9 Å². The Morgan fingerprint density at radius 3 is 2.64 bits per heavy atom. The van der Waals surface area contributed by atoms with Gasteiger partial charge in [-0.2, -0.15) is 0 Å². The van der Waals surface area contributed by atoms with E-state index in [1.54, 1.807) is 23.6 Å². The second-order valence-corrected chi connectivity index (χ2v) is 7.52. The highest BCUT2D eigenvalue weighted by Crippen LogP contribution is 2.33. The summed E-state index contributed by atoms with van der Waals surface area (Å²) in [5, 5.41) is 3.89. The van der Waals surface area contributed by atoms with E-state index in [0.717, 1.165) is 18.5 Å². The van der Waals surface area contributed by atoms with Gasteiger partial charge in [-0.25, -0.2) is 0 Å². The van der Waals surface area contributed by atoms with Crippen LogP contribution in [0.4, 0.5) is 5.69 Å². The zero-order valence-corrected chi connectivity index (χ0v) is 16.3. The van der Waals surface area contributed by atoms with Gasteiger partial charge >= 0.3 is 0 Å². The predicted octanol–water partition coefficient (Wildman–Crippen LogP) is 2.72. The molecule has 1 aromatic carbocycles. The predicted molar refractivity (Wildman–Crippen MR) is 103 cm³/mol. The average Bonchev–Trinajstić information content (AvgIpc) is 2.97. The molecular weight excluding hydrogens is 358 g/mol. The van der Waals surface area contributed by atoms with Gasteiger partial charge < -0.3 is 19.1 Å². The smallest absolute Gasteiger partial charge is 0.261 e. The van der Waals surface area contributed by atoms with E-state index in [2.05, 4.69) is 5.16 Å². The number of carbonyl (C=O) groups excluding carboxylic acids is 2. The summed E-state index contributed by atoms with van der Waals surface area (Å²) in [6.07, 6.45) is 2.40. The van der Waals surface area contributed by atoms with E-state index in [1.165, 1.54) is 0 Å². The minimum atomic E-state index is -1.00. The lowest BCUT2D eigenvalue weighted by Crippen LogP contribution is -2.61. The minimum Gasteiger partial charge on any atom is -0.361 e. The number of ether oxygens (including phenoxy) is 1. The molecule has 2 aliphatic heterocycles. The number of hydrogen-bond acceptors (Lipinski definition) is 5. The van der Waals surface area contributed by atoms with Crippen LogP contribution in [0.5, 0.6) is 0 Å².